The third-order valence-corrected chi connectivity index (χ3v) is 2.93. The van der Waals surface area contributed by atoms with Gasteiger partial charge in [0, 0.05) is 13.0 Å². The Morgan fingerprint density at radius 3 is 2.38 bits per heavy atom. The van der Waals surface area contributed by atoms with Gasteiger partial charge >= 0.3 is 0 Å². The molecule has 0 fully saturated rings. The summed E-state index contributed by atoms with van der Waals surface area (Å²) in [5, 5.41) is 0. The SMILES string of the molecule is CCOC(C)(CC)C(=O)Cc1ccccc1. The maximum atomic E-state index is 12.1. The molecule has 0 aliphatic rings. The minimum Gasteiger partial charge on any atom is -0.368 e. The number of ketones is 1. The number of ether oxygens (including phenoxy) is 1. The maximum absolute atomic E-state index is 12.1. The highest BCUT2D eigenvalue weighted by molar-refractivity contribution is 5.88. The van der Waals surface area contributed by atoms with Gasteiger partial charge in [-0.2, -0.15) is 0 Å². The summed E-state index contributed by atoms with van der Waals surface area (Å²) in [6.45, 7) is 6.36. The van der Waals surface area contributed by atoms with E-state index in [4.69, 9.17) is 4.74 Å². The van der Waals surface area contributed by atoms with Gasteiger partial charge in [-0.3, -0.25) is 4.79 Å². The lowest BCUT2D eigenvalue weighted by molar-refractivity contribution is -0.141. The van der Waals surface area contributed by atoms with Crippen LogP contribution >= 0.6 is 0 Å². The van der Waals surface area contributed by atoms with Crippen molar-refractivity contribution in [1.82, 2.24) is 0 Å². The van der Waals surface area contributed by atoms with Crippen molar-refractivity contribution in [3.8, 4) is 0 Å². The lowest BCUT2D eigenvalue weighted by atomic mass is 9.92. The Hall–Kier alpha value is -1.15. The summed E-state index contributed by atoms with van der Waals surface area (Å²) in [6.07, 6.45) is 1.16. The van der Waals surface area contributed by atoms with Crippen LogP contribution in [0.2, 0.25) is 0 Å². The standard InChI is InChI=1S/C14H20O2/c1-4-14(3,16-5-2)13(15)11-12-9-7-6-8-10-12/h6-10H,4-5,11H2,1-3H3. The van der Waals surface area contributed by atoms with Crippen LogP contribution in [-0.4, -0.2) is 18.0 Å². The Bertz CT molecular complexity index is 332. The van der Waals surface area contributed by atoms with Crippen LogP contribution in [0.4, 0.5) is 0 Å². The van der Waals surface area contributed by atoms with Crippen molar-refractivity contribution < 1.29 is 9.53 Å². The summed E-state index contributed by atoms with van der Waals surface area (Å²) in [4.78, 5) is 12.1. The first-order valence-corrected chi connectivity index (χ1v) is 5.83. The van der Waals surface area contributed by atoms with Gasteiger partial charge in [-0.1, -0.05) is 37.3 Å². The summed E-state index contributed by atoms with van der Waals surface area (Å²) in [5.74, 6) is 0.156. The summed E-state index contributed by atoms with van der Waals surface area (Å²) in [7, 11) is 0. The van der Waals surface area contributed by atoms with Crippen molar-refractivity contribution in [2.45, 2.75) is 39.2 Å². The first kappa shape index (κ1) is 12.9. The monoisotopic (exact) mass is 220 g/mol. The molecule has 0 heterocycles. The highest BCUT2D eigenvalue weighted by atomic mass is 16.5. The smallest absolute Gasteiger partial charge is 0.168 e. The predicted molar refractivity (Wildman–Crippen MR) is 65.5 cm³/mol. The molecule has 0 bridgehead atoms. The van der Waals surface area contributed by atoms with Crippen molar-refractivity contribution in [2.24, 2.45) is 0 Å². The average Bonchev–Trinajstić information content (AvgIpc) is 2.30. The molecule has 0 saturated carbocycles. The van der Waals surface area contributed by atoms with E-state index in [1.54, 1.807) is 0 Å². The first-order chi connectivity index (χ1) is 7.62. The summed E-state index contributed by atoms with van der Waals surface area (Å²) in [6, 6.07) is 9.80. The molecule has 16 heavy (non-hydrogen) atoms. The normalized spacial score (nSPS) is 14.4. The molecule has 0 N–H and O–H groups in total. The minimum atomic E-state index is -0.634. The molecule has 1 atom stereocenters. The van der Waals surface area contributed by atoms with E-state index >= 15 is 0 Å². The zero-order chi connectivity index (χ0) is 12.0. The van der Waals surface area contributed by atoms with Crippen LogP contribution in [0.15, 0.2) is 30.3 Å². The Morgan fingerprint density at radius 2 is 1.88 bits per heavy atom. The molecule has 0 aliphatic heterocycles. The molecule has 0 saturated heterocycles. The van der Waals surface area contributed by atoms with E-state index in [1.807, 2.05) is 51.1 Å². The van der Waals surface area contributed by atoms with Crippen LogP contribution in [0.5, 0.6) is 0 Å². The molecule has 0 aliphatic carbocycles. The van der Waals surface area contributed by atoms with Crippen LogP contribution < -0.4 is 0 Å². The second-order valence-corrected chi connectivity index (χ2v) is 4.10. The molecule has 0 amide bonds. The highest BCUT2D eigenvalue weighted by Gasteiger charge is 2.31. The van der Waals surface area contributed by atoms with Crippen LogP contribution in [0.1, 0.15) is 32.8 Å². The van der Waals surface area contributed by atoms with Gasteiger partial charge in [-0.15, -0.1) is 0 Å². The molecule has 1 aromatic carbocycles. The number of hydrogen-bond acceptors (Lipinski definition) is 2. The second-order valence-electron chi connectivity index (χ2n) is 4.10. The Labute approximate surface area is 97.6 Å². The van der Waals surface area contributed by atoms with Crippen LogP contribution in [0.25, 0.3) is 0 Å². The fraction of sp³-hybridized carbons (Fsp3) is 0.500. The minimum absolute atomic E-state index is 0.156. The first-order valence-electron chi connectivity index (χ1n) is 5.83. The molecule has 0 radical (unpaired) electrons. The fourth-order valence-corrected chi connectivity index (χ4v) is 1.67. The van der Waals surface area contributed by atoms with E-state index in [-0.39, 0.29) is 5.78 Å². The van der Waals surface area contributed by atoms with Crippen molar-refractivity contribution in [2.75, 3.05) is 6.61 Å². The van der Waals surface area contributed by atoms with Crippen LogP contribution in [-0.2, 0) is 16.0 Å². The predicted octanol–water partition coefficient (Wildman–Crippen LogP) is 3.00. The van der Waals surface area contributed by atoms with Gasteiger partial charge in [0.2, 0.25) is 0 Å². The van der Waals surface area contributed by atoms with Gasteiger partial charge in [-0.25, -0.2) is 0 Å². The topological polar surface area (TPSA) is 26.3 Å². The van der Waals surface area contributed by atoms with E-state index < -0.39 is 5.60 Å². The lowest BCUT2D eigenvalue weighted by Gasteiger charge is -2.26. The largest absolute Gasteiger partial charge is 0.368 e. The Morgan fingerprint density at radius 1 is 1.25 bits per heavy atom. The van der Waals surface area contributed by atoms with E-state index in [1.165, 1.54) is 0 Å². The zero-order valence-corrected chi connectivity index (χ0v) is 10.3. The molecule has 2 nitrogen and oxygen atoms in total. The quantitative estimate of drug-likeness (QED) is 0.736. The average molecular weight is 220 g/mol. The van der Waals surface area contributed by atoms with E-state index in [9.17, 15) is 4.79 Å². The molecule has 88 valence electrons. The van der Waals surface area contributed by atoms with E-state index in [2.05, 4.69) is 0 Å². The van der Waals surface area contributed by atoms with Gasteiger partial charge in [0.15, 0.2) is 5.78 Å². The van der Waals surface area contributed by atoms with Crippen molar-refractivity contribution in [1.29, 1.82) is 0 Å². The molecule has 2 heteroatoms. The highest BCUT2D eigenvalue weighted by Crippen LogP contribution is 2.19. The molecule has 0 aromatic heterocycles. The number of benzene rings is 1. The lowest BCUT2D eigenvalue weighted by Crippen LogP contribution is -2.39. The Kier molecular flexibility index (Phi) is 4.69. The van der Waals surface area contributed by atoms with E-state index in [0.29, 0.717) is 19.4 Å². The molecule has 1 unspecified atom stereocenters. The number of hydrogen-bond donors (Lipinski definition) is 0. The van der Waals surface area contributed by atoms with E-state index in [0.717, 1.165) is 5.56 Å². The van der Waals surface area contributed by atoms with Crippen LogP contribution in [0, 0.1) is 0 Å². The maximum Gasteiger partial charge on any atom is 0.168 e. The fourth-order valence-electron chi connectivity index (χ4n) is 1.67. The third kappa shape index (κ3) is 3.17. The van der Waals surface area contributed by atoms with Gasteiger partial charge in [-0.05, 0) is 25.8 Å². The molecule has 0 spiro atoms. The summed E-state index contributed by atoms with van der Waals surface area (Å²) < 4.78 is 5.56. The van der Waals surface area contributed by atoms with Gasteiger partial charge in [0.25, 0.3) is 0 Å². The molecule has 1 rings (SSSR count). The van der Waals surface area contributed by atoms with Crippen LogP contribution in [0.3, 0.4) is 0 Å². The number of rotatable bonds is 6. The molecular weight excluding hydrogens is 200 g/mol. The van der Waals surface area contributed by atoms with Gasteiger partial charge < -0.3 is 4.74 Å². The van der Waals surface area contributed by atoms with Gasteiger partial charge in [0.05, 0.1) is 0 Å². The summed E-state index contributed by atoms with van der Waals surface area (Å²) in [5.41, 5.74) is 0.414. The molecule has 1 aromatic rings. The number of carbonyl (C=O) groups is 1. The molecular formula is C14H20O2. The van der Waals surface area contributed by atoms with Gasteiger partial charge in [0.1, 0.15) is 5.60 Å². The van der Waals surface area contributed by atoms with Crippen molar-refractivity contribution >= 4 is 5.78 Å². The Balaban J connectivity index is 2.70. The third-order valence-electron chi connectivity index (χ3n) is 2.93. The summed E-state index contributed by atoms with van der Waals surface area (Å²) >= 11 is 0. The van der Waals surface area contributed by atoms with Crippen molar-refractivity contribution in [3.63, 3.8) is 0 Å². The number of Topliss-reactive ketones (excluding diaryl/α,β-unsaturated/α-hetero) is 1. The zero-order valence-electron chi connectivity index (χ0n) is 10.3. The number of carbonyl (C=O) groups excluding carboxylic acids is 1. The second kappa shape index (κ2) is 5.80. The van der Waals surface area contributed by atoms with Crippen molar-refractivity contribution in [3.05, 3.63) is 35.9 Å².